The van der Waals surface area contributed by atoms with Crippen LogP contribution in [0.15, 0.2) is 23.3 Å². The second kappa shape index (κ2) is 3.14. The van der Waals surface area contributed by atoms with Crippen molar-refractivity contribution in [1.82, 2.24) is 0 Å². The van der Waals surface area contributed by atoms with Crippen molar-refractivity contribution >= 4 is 0 Å². The average molecular weight is 204 g/mol. The highest BCUT2D eigenvalue weighted by molar-refractivity contribution is 5.35. The molecule has 0 aliphatic heterocycles. The van der Waals surface area contributed by atoms with Crippen LogP contribution < -0.4 is 0 Å². The zero-order valence-corrected chi connectivity index (χ0v) is 8.87. The Kier molecular flexibility index (Phi) is 2.55. The van der Waals surface area contributed by atoms with Crippen molar-refractivity contribution in [2.45, 2.75) is 33.9 Å². The van der Waals surface area contributed by atoms with E-state index in [2.05, 4.69) is 0 Å². The molecule has 3 heteroatoms. The largest absolute Gasteiger partial charge is 0.416 e. The van der Waals surface area contributed by atoms with E-state index in [0.717, 1.165) is 5.57 Å². The Morgan fingerprint density at radius 2 is 1.79 bits per heavy atom. The Labute approximate surface area is 82.5 Å². The van der Waals surface area contributed by atoms with E-state index in [1.54, 1.807) is 6.92 Å². The molecule has 0 N–H and O–H groups in total. The Hall–Kier alpha value is -0.730. The zero-order valence-electron chi connectivity index (χ0n) is 8.87. The van der Waals surface area contributed by atoms with Crippen LogP contribution >= 0.6 is 0 Å². The third-order valence-electron chi connectivity index (χ3n) is 3.28. The van der Waals surface area contributed by atoms with Crippen molar-refractivity contribution in [1.29, 1.82) is 0 Å². The Balaban J connectivity index is 3.09. The highest BCUT2D eigenvalue weighted by Crippen LogP contribution is 2.43. The minimum absolute atomic E-state index is 0.0795. The molecule has 0 saturated heterocycles. The topological polar surface area (TPSA) is 0 Å². The number of rotatable bonds is 0. The second-order valence-corrected chi connectivity index (χ2v) is 4.46. The van der Waals surface area contributed by atoms with Crippen molar-refractivity contribution < 1.29 is 13.2 Å². The molecule has 0 radical (unpaired) electrons. The van der Waals surface area contributed by atoms with Crippen LogP contribution in [0.4, 0.5) is 13.2 Å². The molecule has 1 atom stereocenters. The molecule has 1 aliphatic rings. The average Bonchev–Trinajstić information content (AvgIpc) is 1.98. The molecule has 0 saturated carbocycles. The van der Waals surface area contributed by atoms with Crippen molar-refractivity contribution in [2.75, 3.05) is 0 Å². The van der Waals surface area contributed by atoms with Gasteiger partial charge in [-0.2, -0.15) is 13.2 Å². The fraction of sp³-hybridized carbons (Fsp3) is 0.636. The van der Waals surface area contributed by atoms with Gasteiger partial charge in [0.05, 0.1) is 5.57 Å². The normalized spacial score (nSPS) is 26.9. The van der Waals surface area contributed by atoms with E-state index in [1.807, 2.05) is 20.8 Å². The summed E-state index contributed by atoms with van der Waals surface area (Å²) < 4.78 is 37.3. The molecule has 0 heterocycles. The first kappa shape index (κ1) is 11.3. The molecule has 0 aromatic rings. The lowest BCUT2D eigenvalue weighted by Crippen LogP contribution is -2.27. The number of alkyl halides is 3. The number of allylic oxidation sites excluding steroid dienone is 4. The van der Waals surface area contributed by atoms with E-state index in [4.69, 9.17) is 0 Å². The molecule has 1 rings (SSSR count). The smallest absolute Gasteiger partial charge is 0.166 e. The van der Waals surface area contributed by atoms with Crippen LogP contribution in [0.3, 0.4) is 0 Å². The fourth-order valence-corrected chi connectivity index (χ4v) is 1.48. The molecule has 0 aromatic heterocycles. The molecule has 1 aliphatic carbocycles. The van der Waals surface area contributed by atoms with Gasteiger partial charge in [-0.3, -0.25) is 0 Å². The van der Waals surface area contributed by atoms with Gasteiger partial charge in [0.1, 0.15) is 0 Å². The SMILES string of the molecule is CC1=CC(C(F)(F)F)=CC(C)C1(C)C. The van der Waals surface area contributed by atoms with Gasteiger partial charge in [0.15, 0.2) is 0 Å². The van der Waals surface area contributed by atoms with Crippen LogP contribution in [0.2, 0.25) is 0 Å². The van der Waals surface area contributed by atoms with Crippen LogP contribution in [-0.2, 0) is 0 Å². The van der Waals surface area contributed by atoms with Gasteiger partial charge in [0.25, 0.3) is 0 Å². The number of halogens is 3. The highest BCUT2D eigenvalue weighted by atomic mass is 19.4. The lowest BCUT2D eigenvalue weighted by molar-refractivity contribution is -0.0894. The van der Waals surface area contributed by atoms with Gasteiger partial charge in [-0.15, -0.1) is 0 Å². The summed E-state index contributed by atoms with van der Waals surface area (Å²) in [4.78, 5) is 0. The van der Waals surface area contributed by atoms with E-state index in [0.29, 0.717) is 0 Å². The van der Waals surface area contributed by atoms with Crippen molar-refractivity contribution in [3.8, 4) is 0 Å². The summed E-state index contributed by atoms with van der Waals surface area (Å²) in [7, 11) is 0. The molecular weight excluding hydrogens is 189 g/mol. The van der Waals surface area contributed by atoms with Gasteiger partial charge >= 0.3 is 6.18 Å². The molecule has 80 valence electrons. The second-order valence-electron chi connectivity index (χ2n) is 4.46. The summed E-state index contributed by atoms with van der Waals surface area (Å²) in [6.45, 7) is 7.51. The standard InChI is InChI=1S/C11H15F3/c1-7-5-9(11(12,13)14)6-8(2)10(7,3)4/h5-7H,1-4H3. The quantitative estimate of drug-likeness (QED) is 0.557. The van der Waals surface area contributed by atoms with Crippen molar-refractivity contribution in [3.05, 3.63) is 23.3 Å². The van der Waals surface area contributed by atoms with E-state index < -0.39 is 11.7 Å². The summed E-state index contributed by atoms with van der Waals surface area (Å²) in [5.41, 5.74) is 0.107. The van der Waals surface area contributed by atoms with Gasteiger partial charge < -0.3 is 0 Å². The maximum Gasteiger partial charge on any atom is 0.416 e. The molecule has 0 amide bonds. The van der Waals surface area contributed by atoms with Gasteiger partial charge in [0, 0.05) is 0 Å². The highest BCUT2D eigenvalue weighted by Gasteiger charge is 2.38. The molecule has 0 nitrogen and oxygen atoms in total. The Morgan fingerprint density at radius 1 is 1.29 bits per heavy atom. The lowest BCUT2D eigenvalue weighted by Gasteiger charge is -2.35. The first-order valence-electron chi connectivity index (χ1n) is 4.63. The zero-order chi connectivity index (χ0) is 11.1. The van der Waals surface area contributed by atoms with Crippen molar-refractivity contribution in [3.63, 3.8) is 0 Å². The van der Waals surface area contributed by atoms with Crippen LogP contribution in [0, 0.1) is 11.3 Å². The first-order valence-corrected chi connectivity index (χ1v) is 4.63. The fourth-order valence-electron chi connectivity index (χ4n) is 1.48. The van der Waals surface area contributed by atoms with Crippen molar-refractivity contribution in [2.24, 2.45) is 11.3 Å². The molecule has 14 heavy (non-hydrogen) atoms. The summed E-state index contributed by atoms with van der Waals surface area (Å²) in [5.74, 6) is -0.0795. The van der Waals surface area contributed by atoms with Crippen LogP contribution in [0.25, 0.3) is 0 Å². The molecule has 1 unspecified atom stereocenters. The molecule has 0 aromatic carbocycles. The summed E-state index contributed by atoms with van der Waals surface area (Å²) in [6.07, 6.45) is -1.65. The number of hydrogen-bond donors (Lipinski definition) is 0. The predicted molar refractivity (Wildman–Crippen MR) is 50.8 cm³/mol. The Bertz CT molecular complexity index is 292. The summed E-state index contributed by atoms with van der Waals surface area (Å²) in [6, 6.07) is 0. The minimum Gasteiger partial charge on any atom is -0.166 e. The molecular formula is C11H15F3. The van der Waals surface area contributed by atoms with Gasteiger partial charge in [-0.05, 0) is 18.3 Å². The molecule has 0 spiro atoms. The summed E-state index contributed by atoms with van der Waals surface area (Å²) >= 11 is 0. The van der Waals surface area contributed by atoms with Gasteiger partial charge in [-0.1, -0.05) is 38.5 Å². The van der Waals surface area contributed by atoms with Crippen LogP contribution in [0.1, 0.15) is 27.7 Å². The molecule has 0 bridgehead atoms. The van der Waals surface area contributed by atoms with E-state index in [9.17, 15) is 13.2 Å². The monoisotopic (exact) mass is 204 g/mol. The van der Waals surface area contributed by atoms with Gasteiger partial charge in [-0.25, -0.2) is 0 Å². The minimum atomic E-state index is -4.22. The maximum atomic E-state index is 12.4. The summed E-state index contributed by atoms with van der Waals surface area (Å²) in [5, 5.41) is 0. The van der Waals surface area contributed by atoms with Gasteiger partial charge in [0.2, 0.25) is 0 Å². The van der Waals surface area contributed by atoms with E-state index >= 15 is 0 Å². The predicted octanol–water partition coefficient (Wildman–Crippen LogP) is 4.10. The lowest BCUT2D eigenvalue weighted by atomic mass is 9.70. The Morgan fingerprint density at radius 3 is 2.14 bits per heavy atom. The maximum absolute atomic E-state index is 12.4. The molecule has 0 fully saturated rings. The third-order valence-corrected chi connectivity index (χ3v) is 3.28. The van der Waals surface area contributed by atoms with E-state index in [-0.39, 0.29) is 11.3 Å². The first-order chi connectivity index (χ1) is 6.15. The van der Waals surface area contributed by atoms with Crippen LogP contribution in [-0.4, -0.2) is 6.18 Å². The number of hydrogen-bond acceptors (Lipinski definition) is 0. The third kappa shape index (κ3) is 1.86. The van der Waals surface area contributed by atoms with Crippen LogP contribution in [0.5, 0.6) is 0 Å². The van der Waals surface area contributed by atoms with E-state index in [1.165, 1.54) is 12.2 Å².